The molecule has 0 bridgehead atoms. The summed E-state index contributed by atoms with van der Waals surface area (Å²) in [5.74, 6) is -0.150. The second-order valence-electron chi connectivity index (χ2n) is 3.71. The molecule has 0 saturated heterocycles. The Morgan fingerprint density at radius 1 is 1.50 bits per heavy atom. The van der Waals surface area contributed by atoms with Crippen LogP contribution in [0.5, 0.6) is 0 Å². The lowest BCUT2D eigenvalue weighted by molar-refractivity contribution is -0.125. The second-order valence-corrected chi connectivity index (χ2v) is 3.71. The molecule has 2 heteroatoms. The summed E-state index contributed by atoms with van der Waals surface area (Å²) in [5, 5.41) is 8.81. The number of hydrogen-bond donors (Lipinski definition) is 1. The molecule has 0 heterocycles. The molecule has 0 fully saturated rings. The molecule has 60 valence electrons. The van der Waals surface area contributed by atoms with Gasteiger partial charge in [-0.2, -0.15) is 0 Å². The van der Waals surface area contributed by atoms with Crippen molar-refractivity contribution >= 4 is 5.78 Å². The molecule has 2 nitrogen and oxygen atoms in total. The van der Waals surface area contributed by atoms with Crippen LogP contribution in [0.1, 0.15) is 27.7 Å². The van der Waals surface area contributed by atoms with E-state index in [0.717, 1.165) is 0 Å². The Morgan fingerprint density at radius 3 is 1.90 bits per heavy atom. The van der Waals surface area contributed by atoms with Crippen LogP contribution in [0.25, 0.3) is 0 Å². The first-order valence-electron chi connectivity index (χ1n) is 3.51. The zero-order valence-corrected chi connectivity index (χ0v) is 7.14. The van der Waals surface area contributed by atoms with E-state index < -0.39 is 0 Å². The van der Waals surface area contributed by atoms with Crippen molar-refractivity contribution < 1.29 is 9.90 Å². The molecule has 0 aliphatic carbocycles. The van der Waals surface area contributed by atoms with E-state index in [1.807, 2.05) is 20.8 Å². The summed E-state index contributed by atoms with van der Waals surface area (Å²) in [6, 6.07) is 0. The molecule has 0 aromatic heterocycles. The van der Waals surface area contributed by atoms with E-state index in [0.29, 0.717) is 0 Å². The Balaban J connectivity index is 4.22. The zero-order valence-electron chi connectivity index (χ0n) is 7.14. The van der Waals surface area contributed by atoms with Crippen LogP contribution in [0.3, 0.4) is 0 Å². The van der Waals surface area contributed by atoms with Gasteiger partial charge in [0.1, 0.15) is 5.78 Å². The minimum atomic E-state index is -0.215. The average molecular weight is 144 g/mol. The fraction of sp³-hybridized carbons (Fsp3) is 0.875. The maximum Gasteiger partial charge on any atom is 0.135 e. The molecule has 0 amide bonds. The van der Waals surface area contributed by atoms with Gasteiger partial charge in [-0.15, -0.1) is 0 Å². The zero-order chi connectivity index (χ0) is 8.36. The molecule has 0 spiro atoms. The topological polar surface area (TPSA) is 37.3 Å². The van der Waals surface area contributed by atoms with Crippen molar-refractivity contribution in [3.05, 3.63) is 0 Å². The average Bonchev–Trinajstić information content (AvgIpc) is 1.60. The number of carbonyl (C=O) groups excluding carboxylic acids is 1. The van der Waals surface area contributed by atoms with Crippen molar-refractivity contribution in [3.8, 4) is 0 Å². The molecule has 1 N–H and O–H groups in total. The summed E-state index contributed by atoms with van der Waals surface area (Å²) in [4.78, 5) is 10.9. The SMILES string of the molecule is CC(=O)[C@H](CO)C(C)(C)C. The smallest absolute Gasteiger partial charge is 0.135 e. The summed E-state index contributed by atoms with van der Waals surface area (Å²) >= 11 is 0. The number of aliphatic hydroxyl groups excluding tert-OH is 1. The normalized spacial score (nSPS) is 14.9. The van der Waals surface area contributed by atoms with Crippen molar-refractivity contribution in [2.24, 2.45) is 11.3 Å². The van der Waals surface area contributed by atoms with Gasteiger partial charge < -0.3 is 5.11 Å². The van der Waals surface area contributed by atoms with E-state index in [4.69, 9.17) is 5.11 Å². The van der Waals surface area contributed by atoms with Crippen LogP contribution in [0.4, 0.5) is 0 Å². The minimum absolute atomic E-state index is 0.0428. The van der Waals surface area contributed by atoms with Gasteiger partial charge in [0, 0.05) is 5.92 Å². The summed E-state index contributed by atoms with van der Waals surface area (Å²) in [6.07, 6.45) is 0. The Kier molecular flexibility index (Phi) is 3.03. The third-order valence-electron chi connectivity index (χ3n) is 1.72. The van der Waals surface area contributed by atoms with Gasteiger partial charge in [-0.1, -0.05) is 20.8 Å². The lowest BCUT2D eigenvalue weighted by atomic mass is 9.79. The minimum Gasteiger partial charge on any atom is -0.396 e. The van der Waals surface area contributed by atoms with Crippen LogP contribution in [0.2, 0.25) is 0 Å². The Bertz CT molecular complexity index is 122. The standard InChI is InChI=1S/C8H16O2/c1-6(10)7(5-9)8(2,3)4/h7,9H,5H2,1-4H3/t7-/m0/s1. The molecule has 0 saturated carbocycles. The first-order valence-corrected chi connectivity index (χ1v) is 3.51. The van der Waals surface area contributed by atoms with Crippen LogP contribution < -0.4 is 0 Å². The van der Waals surface area contributed by atoms with Crippen LogP contribution in [0.15, 0.2) is 0 Å². The quantitative estimate of drug-likeness (QED) is 0.633. The summed E-state index contributed by atoms with van der Waals surface area (Å²) in [7, 11) is 0. The van der Waals surface area contributed by atoms with Gasteiger partial charge in [0.05, 0.1) is 6.61 Å². The Morgan fingerprint density at radius 2 is 1.90 bits per heavy atom. The van der Waals surface area contributed by atoms with Crippen molar-refractivity contribution in [2.75, 3.05) is 6.61 Å². The number of aliphatic hydroxyl groups is 1. The highest BCUT2D eigenvalue weighted by molar-refractivity contribution is 5.79. The van der Waals surface area contributed by atoms with Gasteiger partial charge in [-0.25, -0.2) is 0 Å². The first kappa shape index (κ1) is 9.63. The van der Waals surface area contributed by atoms with Crippen LogP contribution in [-0.4, -0.2) is 17.5 Å². The van der Waals surface area contributed by atoms with Crippen LogP contribution in [0, 0.1) is 11.3 Å². The van der Waals surface area contributed by atoms with Crippen molar-refractivity contribution in [1.82, 2.24) is 0 Å². The maximum absolute atomic E-state index is 10.9. The summed E-state index contributed by atoms with van der Waals surface area (Å²) < 4.78 is 0. The van der Waals surface area contributed by atoms with Crippen molar-refractivity contribution in [3.63, 3.8) is 0 Å². The molecule has 0 aliphatic rings. The fourth-order valence-corrected chi connectivity index (χ4v) is 1.01. The molecular formula is C8H16O2. The highest BCUT2D eigenvalue weighted by Gasteiger charge is 2.27. The van der Waals surface area contributed by atoms with Crippen LogP contribution >= 0.6 is 0 Å². The second kappa shape index (κ2) is 3.15. The molecule has 0 aliphatic heterocycles. The van der Waals surface area contributed by atoms with Gasteiger partial charge in [0.15, 0.2) is 0 Å². The van der Waals surface area contributed by atoms with Crippen LogP contribution in [-0.2, 0) is 4.79 Å². The number of rotatable bonds is 2. The number of carbonyl (C=O) groups is 1. The Hall–Kier alpha value is -0.370. The monoisotopic (exact) mass is 144 g/mol. The van der Waals surface area contributed by atoms with E-state index in [-0.39, 0.29) is 23.7 Å². The van der Waals surface area contributed by atoms with E-state index in [9.17, 15) is 4.79 Å². The largest absolute Gasteiger partial charge is 0.396 e. The number of ketones is 1. The molecular weight excluding hydrogens is 128 g/mol. The molecule has 10 heavy (non-hydrogen) atoms. The highest BCUT2D eigenvalue weighted by atomic mass is 16.3. The third-order valence-corrected chi connectivity index (χ3v) is 1.72. The van der Waals surface area contributed by atoms with Gasteiger partial charge in [0.25, 0.3) is 0 Å². The van der Waals surface area contributed by atoms with E-state index >= 15 is 0 Å². The summed E-state index contributed by atoms with van der Waals surface area (Å²) in [5.41, 5.74) is -0.111. The van der Waals surface area contributed by atoms with Gasteiger partial charge in [-0.05, 0) is 12.3 Å². The van der Waals surface area contributed by atoms with Gasteiger partial charge in [0.2, 0.25) is 0 Å². The lowest BCUT2D eigenvalue weighted by Crippen LogP contribution is -2.29. The molecule has 0 unspecified atom stereocenters. The Labute approximate surface area is 62.2 Å². The van der Waals surface area contributed by atoms with Crippen molar-refractivity contribution in [1.29, 1.82) is 0 Å². The molecule has 0 radical (unpaired) electrons. The molecule has 1 atom stereocenters. The number of hydrogen-bond acceptors (Lipinski definition) is 2. The highest BCUT2D eigenvalue weighted by Crippen LogP contribution is 2.25. The fourth-order valence-electron chi connectivity index (χ4n) is 1.01. The van der Waals surface area contributed by atoms with Gasteiger partial charge in [-0.3, -0.25) is 4.79 Å². The molecule has 0 aromatic carbocycles. The first-order chi connectivity index (χ1) is 4.39. The maximum atomic E-state index is 10.9. The van der Waals surface area contributed by atoms with Crippen molar-refractivity contribution in [2.45, 2.75) is 27.7 Å². The third kappa shape index (κ3) is 2.48. The predicted molar refractivity (Wildman–Crippen MR) is 40.7 cm³/mol. The number of Topliss-reactive ketones (excluding diaryl/α,β-unsaturated/α-hetero) is 1. The molecule has 0 aromatic rings. The van der Waals surface area contributed by atoms with Gasteiger partial charge >= 0.3 is 0 Å². The molecule has 0 rings (SSSR count). The van der Waals surface area contributed by atoms with E-state index in [1.54, 1.807) is 0 Å². The summed E-state index contributed by atoms with van der Waals surface area (Å²) in [6.45, 7) is 7.34. The van der Waals surface area contributed by atoms with E-state index in [2.05, 4.69) is 0 Å². The predicted octanol–water partition coefficient (Wildman–Crippen LogP) is 1.23. The van der Waals surface area contributed by atoms with E-state index in [1.165, 1.54) is 6.92 Å². The lowest BCUT2D eigenvalue weighted by Gasteiger charge is -2.26.